The first-order chi connectivity index (χ1) is 6.27. The first kappa shape index (κ1) is 15.4. The molecule has 0 amide bonds. The molecule has 0 aromatic carbocycles. The van der Waals surface area contributed by atoms with Crippen LogP contribution in [0.25, 0.3) is 0 Å². The third kappa shape index (κ3) is 18.7. The van der Waals surface area contributed by atoms with E-state index >= 15 is 0 Å². The third-order valence-electron chi connectivity index (χ3n) is 1.69. The Hall–Kier alpha value is -0.0800. The molecule has 2 nitrogen and oxygen atoms in total. The van der Waals surface area contributed by atoms with E-state index in [9.17, 15) is 0 Å². The standard InChI is InChI=1S/C9H22N2.C2H6/c1-9(2)5-3-7-11-8-4-6-10;1-2/h9,11H,3-8,10H2,1-2H3;1-2H3. The van der Waals surface area contributed by atoms with Crippen LogP contribution in [0.4, 0.5) is 0 Å². The maximum absolute atomic E-state index is 5.35. The van der Waals surface area contributed by atoms with Crippen molar-refractivity contribution in [3.63, 3.8) is 0 Å². The predicted molar refractivity (Wildman–Crippen MR) is 62.0 cm³/mol. The molecule has 0 unspecified atom stereocenters. The quantitative estimate of drug-likeness (QED) is 0.602. The highest BCUT2D eigenvalue weighted by molar-refractivity contribution is 4.51. The highest BCUT2D eigenvalue weighted by Crippen LogP contribution is 2.01. The van der Waals surface area contributed by atoms with E-state index in [4.69, 9.17) is 5.73 Å². The average Bonchev–Trinajstić information content (AvgIpc) is 2.14. The largest absolute Gasteiger partial charge is 0.330 e. The van der Waals surface area contributed by atoms with Gasteiger partial charge in [-0.15, -0.1) is 0 Å². The van der Waals surface area contributed by atoms with Gasteiger partial charge < -0.3 is 11.1 Å². The van der Waals surface area contributed by atoms with Crippen LogP contribution in [-0.4, -0.2) is 19.6 Å². The van der Waals surface area contributed by atoms with Crippen molar-refractivity contribution in [2.24, 2.45) is 11.7 Å². The molecule has 0 saturated heterocycles. The van der Waals surface area contributed by atoms with Crippen molar-refractivity contribution < 1.29 is 0 Å². The summed E-state index contributed by atoms with van der Waals surface area (Å²) < 4.78 is 0. The second kappa shape index (κ2) is 14.4. The Labute approximate surface area is 84.3 Å². The lowest BCUT2D eigenvalue weighted by Crippen LogP contribution is -2.19. The van der Waals surface area contributed by atoms with E-state index in [0.29, 0.717) is 0 Å². The summed E-state index contributed by atoms with van der Waals surface area (Å²) in [4.78, 5) is 0. The van der Waals surface area contributed by atoms with Gasteiger partial charge in [-0.25, -0.2) is 0 Å². The molecular formula is C11H28N2. The van der Waals surface area contributed by atoms with Gasteiger partial charge in [0.1, 0.15) is 0 Å². The van der Waals surface area contributed by atoms with Gasteiger partial charge in [-0.3, -0.25) is 0 Å². The molecule has 0 aliphatic heterocycles. The Bertz CT molecular complexity index is 72.5. The number of nitrogens with two attached hydrogens (primary N) is 1. The fourth-order valence-corrected chi connectivity index (χ4v) is 0.987. The van der Waals surface area contributed by atoms with E-state index in [1.54, 1.807) is 0 Å². The van der Waals surface area contributed by atoms with Crippen molar-refractivity contribution in [3.8, 4) is 0 Å². The molecule has 13 heavy (non-hydrogen) atoms. The van der Waals surface area contributed by atoms with E-state index in [1.165, 1.54) is 12.8 Å². The summed E-state index contributed by atoms with van der Waals surface area (Å²) in [6.07, 6.45) is 3.72. The van der Waals surface area contributed by atoms with Crippen molar-refractivity contribution in [1.29, 1.82) is 0 Å². The van der Waals surface area contributed by atoms with Gasteiger partial charge in [-0.2, -0.15) is 0 Å². The second-order valence-corrected chi connectivity index (χ2v) is 3.43. The summed E-state index contributed by atoms with van der Waals surface area (Å²) in [5.74, 6) is 0.839. The monoisotopic (exact) mass is 188 g/mol. The van der Waals surface area contributed by atoms with E-state index in [-0.39, 0.29) is 0 Å². The first-order valence-electron chi connectivity index (χ1n) is 5.68. The van der Waals surface area contributed by atoms with Gasteiger partial charge in [0.05, 0.1) is 0 Å². The fraction of sp³-hybridized carbons (Fsp3) is 1.00. The van der Waals surface area contributed by atoms with Gasteiger partial charge in [0.25, 0.3) is 0 Å². The molecule has 0 spiro atoms. The minimum absolute atomic E-state index is 0.803. The zero-order chi connectivity index (χ0) is 10.5. The lowest BCUT2D eigenvalue weighted by atomic mass is 10.1. The van der Waals surface area contributed by atoms with Crippen LogP contribution in [0.3, 0.4) is 0 Å². The van der Waals surface area contributed by atoms with Crippen LogP contribution in [0, 0.1) is 5.92 Å². The summed E-state index contributed by atoms with van der Waals surface area (Å²) in [5, 5.41) is 3.36. The molecule has 0 heterocycles. The molecule has 0 rings (SSSR count). The molecule has 0 saturated carbocycles. The average molecular weight is 188 g/mol. The van der Waals surface area contributed by atoms with Gasteiger partial charge in [0.2, 0.25) is 0 Å². The molecule has 3 N–H and O–H groups in total. The first-order valence-corrected chi connectivity index (χ1v) is 5.68. The Morgan fingerprint density at radius 3 is 2.08 bits per heavy atom. The summed E-state index contributed by atoms with van der Waals surface area (Å²) in [5.41, 5.74) is 5.35. The van der Waals surface area contributed by atoms with Crippen molar-refractivity contribution >= 4 is 0 Å². The molecule has 0 aromatic rings. The molecule has 0 aliphatic rings. The third-order valence-corrected chi connectivity index (χ3v) is 1.69. The minimum Gasteiger partial charge on any atom is -0.330 e. The van der Waals surface area contributed by atoms with Crippen molar-refractivity contribution in [3.05, 3.63) is 0 Å². The van der Waals surface area contributed by atoms with Crippen molar-refractivity contribution in [1.82, 2.24) is 5.32 Å². The van der Waals surface area contributed by atoms with Gasteiger partial charge >= 0.3 is 0 Å². The molecule has 2 heteroatoms. The molecule has 0 fully saturated rings. The molecule has 0 radical (unpaired) electrons. The lowest BCUT2D eigenvalue weighted by Gasteiger charge is -2.05. The van der Waals surface area contributed by atoms with Crippen LogP contribution in [0.15, 0.2) is 0 Å². The van der Waals surface area contributed by atoms with Crippen molar-refractivity contribution in [2.75, 3.05) is 19.6 Å². The predicted octanol–water partition coefficient (Wildman–Crippen LogP) is 2.39. The zero-order valence-electron chi connectivity index (χ0n) is 9.90. The molecule has 0 aliphatic carbocycles. The van der Waals surface area contributed by atoms with Gasteiger partial charge in [-0.1, -0.05) is 27.7 Å². The summed E-state index contributed by atoms with van der Waals surface area (Å²) >= 11 is 0. The topological polar surface area (TPSA) is 38.0 Å². The van der Waals surface area contributed by atoms with E-state index in [0.717, 1.165) is 32.0 Å². The van der Waals surface area contributed by atoms with E-state index in [1.807, 2.05) is 13.8 Å². The van der Waals surface area contributed by atoms with Gasteiger partial charge in [0.15, 0.2) is 0 Å². The maximum Gasteiger partial charge on any atom is -0.00369 e. The normalized spacial score (nSPS) is 9.69. The number of hydrogen-bond acceptors (Lipinski definition) is 2. The maximum atomic E-state index is 5.35. The Balaban J connectivity index is 0. The minimum atomic E-state index is 0.803. The van der Waals surface area contributed by atoms with Crippen LogP contribution in [0.2, 0.25) is 0 Å². The van der Waals surface area contributed by atoms with E-state index in [2.05, 4.69) is 19.2 Å². The molecule has 0 atom stereocenters. The Morgan fingerprint density at radius 1 is 1.08 bits per heavy atom. The number of nitrogens with one attached hydrogen (secondary N) is 1. The number of hydrogen-bond donors (Lipinski definition) is 2. The molecule has 82 valence electrons. The summed E-state index contributed by atoms with van der Waals surface area (Å²) in [6.45, 7) is 11.6. The Kier molecular flexibility index (Phi) is 17.1. The van der Waals surface area contributed by atoms with E-state index < -0.39 is 0 Å². The summed E-state index contributed by atoms with van der Waals surface area (Å²) in [7, 11) is 0. The smallest absolute Gasteiger partial charge is 0.00369 e. The number of rotatable bonds is 7. The van der Waals surface area contributed by atoms with Crippen molar-refractivity contribution in [2.45, 2.75) is 47.0 Å². The van der Waals surface area contributed by atoms with Crippen LogP contribution >= 0.6 is 0 Å². The molecule has 0 bridgehead atoms. The molecular weight excluding hydrogens is 160 g/mol. The second-order valence-electron chi connectivity index (χ2n) is 3.43. The van der Waals surface area contributed by atoms with Crippen LogP contribution in [0.5, 0.6) is 0 Å². The van der Waals surface area contributed by atoms with Gasteiger partial charge in [0, 0.05) is 0 Å². The van der Waals surface area contributed by atoms with Crippen LogP contribution < -0.4 is 11.1 Å². The SMILES string of the molecule is CC.CC(C)CCCNCCCN. The Morgan fingerprint density at radius 2 is 1.62 bits per heavy atom. The van der Waals surface area contributed by atoms with Crippen LogP contribution in [-0.2, 0) is 0 Å². The van der Waals surface area contributed by atoms with Gasteiger partial charge in [-0.05, 0) is 44.8 Å². The highest BCUT2D eigenvalue weighted by Gasteiger charge is 1.92. The summed E-state index contributed by atoms with van der Waals surface area (Å²) in [6, 6.07) is 0. The zero-order valence-corrected chi connectivity index (χ0v) is 9.90. The highest BCUT2D eigenvalue weighted by atomic mass is 14.8. The van der Waals surface area contributed by atoms with Crippen LogP contribution in [0.1, 0.15) is 47.0 Å². The molecule has 0 aromatic heterocycles. The lowest BCUT2D eigenvalue weighted by molar-refractivity contribution is 0.525. The fourth-order valence-electron chi connectivity index (χ4n) is 0.987.